The number of aryl methyl sites for hydroxylation is 1. The first-order valence-corrected chi connectivity index (χ1v) is 19.3. The van der Waals surface area contributed by atoms with Crippen LogP contribution in [0.15, 0.2) is 170 Å². The Hall–Kier alpha value is -7.37. The summed E-state index contributed by atoms with van der Waals surface area (Å²) in [7, 11) is 0. The van der Waals surface area contributed by atoms with Gasteiger partial charge in [0, 0.05) is 33.0 Å². The van der Waals surface area contributed by atoms with Gasteiger partial charge in [-0.1, -0.05) is 140 Å². The van der Waals surface area contributed by atoms with Crippen LogP contribution in [-0.2, 0) is 6.42 Å². The Kier molecular flexibility index (Phi) is 6.69. The van der Waals surface area contributed by atoms with E-state index in [9.17, 15) is 0 Å². The lowest BCUT2D eigenvalue weighted by molar-refractivity contribution is 0.929. The second kappa shape index (κ2) is 12.1. The van der Waals surface area contributed by atoms with Gasteiger partial charge in [0.1, 0.15) is 5.82 Å². The summed E-state index contributed by atoms with van der Waals surface area (Å²) in [4.78, 5) is 16.0. The molecular weight excluding hydrogens is 683 g/mol. The minimum absolute atomic E-state index is 0.682. The predicted molar refractivity (Wildman–Crippen MR) is 232 cm³/mol. The van der Waals surface area contributed by atoms with Crippen molar-refractivity contribution < 1.29 is 0 Å². The maximum atomic E-state index is 5.39. The molecule has 0 unspecified atom stereocenters. The number of imidazole rings is 1. The van der Waals surface area contributed by atoms with E-state index in [1.165, 1.54) is 43.3 Å². The standard InChI is InChI=1S/C51H33N5/c1-4-16-32(17-5-1)48-38-24-12-14-26-41(38)53-51(54-48)56-43-27-15-13-25-39(43)47-44(56)31-29-37-35-22-10-11-23-36(35)46-40(45(37)47)28-30-42-49(46)55(34-20-8-3-9-21-34)50(52-42)33-18-6-2-7-19-33/h1-12,14-24,26-31H,13,25H2. The van der Waals surface area contributed by atoms with Gasteiger partial charge in [-0.15, -0.1) is 0 Å². The van der Waals surface area contributed by atoms with E-state index in [1.807, 2.05) is 0 Å². The van der Waals surface area contributed by atoms with Gasteiger partial charge in [-0.2, -0.15) is 0 Å². The maximum Gasteiger partial charge on any atom is 0.235 e. The third-order valence-electron chi connectivity index (χ3n) is 11.6. The quantitative estimate of drug-likeness (QED) is 0.170. The number of hydrogen-bond donors (Lipinski definition) is 0. The van der Waals surface area contributed by atoms with Crippen molar-refractivity contribution in [3.05, 3.63) is 181 Å². The van der Waals surface area contributed by atoms with Crippen LogP contribution in [0.2, 0.25) is 0 Å². The highest BCUT2D eigenvalue weighted by Crippen LogP contribution is 2.46. The molecule has 56 heavy (non-hydrogen) atoms. The van der Waals surface area contributed by atoms with Crippen molar-refractivity contribution >= 4 is 71.2 Å². The highest BCUT2D eigenvalue weighted by atomic mass is 15.2. The molecule has 11 aromatic rings. The van der Waals surface area contributed by atoms with E-state index in [0.29, 0.717) is 5.95 Å². The Labute approximate surface area is 322 Å². The summed E-state index contributed by atoms with van der Waals surface area (Å²) >= 11 is 0. The Morgan fingerprint density at radius 1 is 0.446 bits per heavy atom. The first-order chi connectivity index (χ1) is 27.8. The van der Waals surface area contributed by atoms with Crippen LogP contribution in [0, 0.1) is 0 Å². The molecule has 0 saturated carbocycles. The van der Waals surface area contributed by atoms with Crippen LogP contribution in [0.1, 0.15) is 17.7 Å². The molecule has 0 fully saturated rings. The lowest BCUT2D eigenvalue weighted by atomic mass is 9.89. The number of benzene rings is 8. The average Bonchev–Trinajstić information content (AvgIpc) is 3.83. The lowest BCUT2D eigenvalue weighted by Gasteiger charge is -2.16. The number of nitrogens with zero attached hydrogens (tertiary/aromatic N) is 5. The van der Waals surface area contributed by atoms with Crippen LogP contribution in [0.5, 0.6) is 0 Å². The molecule has 0 spiro atoms. The molecule has 3 heterocycles. The van der Waals surface area contributed by atoms with Crippen LogP contribution in [0.3, 0.4) is 0 Å². The van der Waals surface area contributed by atoms with Crippen LogP contribution in [0.4, 0.5) is 0 Å². The molecule has 3 aromatic heterocycles. The van der Waals surface area contributed by atoms with Crippen molar-refractivity contribution in [3.63, 3.8) is 0 Å². The average molecular weight is 716 g/mol. The number of aromatic nitrogens is 5. The van der Waals surface area contributed by atoms with Gasteiger partial charge in [0.25, 0.3) is 0 Å². The van der Waals surface area contributed by atoms with Crippen molar-refractivity contribution in [3.8, 4) is 34.3 Å². The van der Waals surface area contributed by atoms with Crippen molar-refractivity contribution in [1.82, 2.24) is 24.1 Å². The maximum absolute atomic E-state index is 5.39. The zero-order chi connectivity index (χ0) is 36.7. The molecule has 8 aromatic carbocycles. The lowest BCUT2D eigenvalue weighted by Crippen LogP contribution is -2.06. The topological polar surface area (TPSA) is 48.5 Å². The van der Waals surface area contributed by atoms with Crippen LogP contribution < -0.4 is 0 Å². The van der Waals surface area contributed by atoms with Crippen LogP contribution in [0.25, 0.3) is 106 Å². The van der Waals surface area contributed by atoms with Gasteiger partial charge in [0.15, 0.2) is 0 Å². The zero-order valence-corrected chi connectivity index (χ0v) is 30.4. The Morgan fingerprint density at radius 2 is 1.11 bits per heavy atom. The first kappa shape index (κ1) is 31.0. The third kappa shape index (κ3) is 4.45. The van der Waals surface area contributed by atoms with E-state index in [1.54, 1.807) is 0 Å². The number of hydrogen-bond acceptors (Lipinski definition) is 3. The van der Waals surface area contributed by atoms with E-state index < -0.39 is 0 Å². The molecule has 0 atom stereocenters. The van der Waals surface area contributed by atoms with Gasteiger partial charge >= 0.3 is 0 Å². The van der Waals surface area contributed by atoms with Gasteiger partial charge in [-0.25, -0.2) is 15.0 Å². The van der Waals surface area contributed by atoms with Gasteiger partial charge in [0.05, 0.1) is 33.5 Å². The molecule has 12 rings (SSSR count). The van der Waals surface area contributed by atoms with Crippen LogP contribution >= 0.6 is 0 Å². The van der Waals surface area contributed by atoms with Gasteiger partial charge < -0.3 is 0 Å². The molecule has 0 saturated heterocycles. The highest BCUT2D eigenvalue weighted by Gasteiger charge is 2.26. The molecule has 5 nitrogen and oxygen atoms in total. The largest absolute Gasteiger partial charge is 0.292 e. The Balaban J connectivity index is 1.25. The summed E-state index contributed by atoms with van der Waals surface area (Å²) in [5.74, 6) is 1.61. The molecule has 5 heteroatoms. The summed E-state index contributed by atoms with van der Waals surface area (Å²) in [6, 6.07) is 58.1. The summed E-state index contributed by atoms with van der Waals surface area (Å²) in [6.07, 6.45) is 6.49. The zero-order valence-electron chi connectivity index (χ0n) is 30.4. The number of allylic oxidation sites excluding steroid dienone is 1. The van der Waals surface area contributed by atoms with Gasteiger partial charge in [0.2, 0.25) is 5.95 Å². The minimum Gasteiger partial charge on any atom is -0.292 e. The summed E-state index contributed by atoms with van der Waals surface area (Å²) in [5, 5.41) is 9.68. The van der Waals surface area contributed by atoms with Crippen molar-refractivity contribution in [2.75, 3.05) is 0 Å². The molecular formula is C51H33N5. The minimum atomic E-state index is 0.682. The fourth-order valence-electron chi connectivity index (χ4n) is 9.22. The number of fused-ring (bicyclic) bond motifs is 13. The number of para-hydroxylation sites is 2. The molecule has 1 aliphatic carbocycles. The Morgan fingerprint density at radius 3 is 1.91 bits per heavy atom. The third-order valence-corrected chi connectivity index (χ3v) is 11.6. The second-order valence-corrected chi connectivity index (χ2v) is 14.7. The van der Waals surface area contributed by atoms with Crippen molar-refractivity contribution in [2.45, 2.75) is 12.8 Å². The molecule has 0 amide bonds. The first-order valence-electron chi connectivity index (χ1n) is 19.3. The fourth-order valence-corrected chi connectivity index (χ4v) is 9.22. The van der Waals surface area contributed by atoms with E-state index in [0.717, 1.165) is 74.3 Å². The smallest absolute Gasteiger partial charge is 0.235 e. The summed E-state index contributed by atoms with van der Waals surface area (Å²) in [5.41, 5.74) is 10.8. The normalized spacial score (nSPS) is 12.8. The second-order valence-electron chi connectivity index (χ2n) is 14.7. The SMILES string of the molecule is C1=Cc2c(c3c4c(ccc3n2-c2nc(-c3ccccc3)c3ccccc3n2)c2ccccc2c2c4ccc3nc(-c4ccccc4)n(-c4ccccc4)c32)CC1. The highest BCUT2D eigenvalue weighted by molar-refractivity contribution is 6.36. The molecule has 262 valence electrons. The van der Waals surface area contributed by atoms with E-state index in [2.05, 4.69) is 185 Å². The monoisotopic (exact) mass is 715 g/mol. The molecule has 0 bridgehead atoms. The van der Waals surface area contributed by atoms with E-state index >= 15 is 0 Å². The fraction of sp³-hybridized carbons (Fsp3) is 0.0392. The van der Waals surface area contributed by atoms with Crippen molar-refractivity contribution in [1.29, 1.82) is 0 Å². The molecule has 0 radical (unpaired) electrons. The van der Waals surface area contributed by atoms with E-state index in [4.69, 9.17) is 15.0 Å². The molecule has 0 N–H and O–H groups in total. The van der Waals surface area contributed by atoms with Gasteiger partial charge in [-0.3, -0.25) is 9.13 Å². The summed E-state index contributed by atoms with van der Waals surface area (Å²) in [6.45, 7) is 0. The number of rotatable bonds is 4. The van der Waals surface area contributed by atoms with E-state index in [-0.39, 0.29) is 0 Å². The summed E-state index contributed by atoms with van der Waals surface area (Å²) < 4.78 is 4.67. The molecule has 1 aliphatic rings. The van der Waals surface area contributed by atoms with Gasteiger partial charge in [-0.05, 0) is 81.7 Å². The molecule has 0 aliphatic heterocycles. The Bertz CT molecular complexity index is 3400. The van der Waals surface area contributed by atoms with Crippen LogP contribution in [-0.4, -0.2) is 24.1 Å². The predicted octanol–water partition coefficient (Wildman–Crippen LogP) is 12.7. The van der Waals surface area contributed by atoms with Crippen molar-refractivity contribution in [2.24, 2.45) is 0 Å².